The number of aromatic nitrogens is 2. The van der Waals surface area contributed by atoms with E-state index >= 15 is 0 Å². The summed E-state index contributed by atoms with van der Waals surface area (Å²) in [5.41, 5.74) is -1.39. The van der Waals surface area contributed by atoms with Gasteiger partial charge in [-0.15, -0.1) is 0 Å². The standard InChI is InChI=1S/C13H20N3O10P/c1-14-10(20)12(27(22,23)24)25-5-6-8(18)9(19)11(26-6)16-4-3-7(17)15(2)13(16)21/h3-4,6,8-9,11-12,18-19H,5H2,1-2H3,(H,14,20)(H2,22,23,24)/t6-,8-,9-,11-,12?/m1/s1. The average Bonchev–Trinajstić information content (AvgIpc) is 2.87. The van der Waals surface area contributed by atoms with E-state index in [4.69, 9.17) is 9.47 Å². The van der Waals surface area contributed by atoms with Crippen LogP contribution in [0.15, 0.2) is 21.9 Å². The monoisotopic (exact) mass is 409 g/mol. The Balaban J connectivity index is 2.19. The number of rotatable bonds is 6. The smallest absolute Gasteiger partial charge is 0.363 e. The van der Waals surface area contributed by atoms with Crippen LogP contribution in [-0.2, 0) is 25.9 Å². The molecule has 13 nitrogen and oxygen atoms in total. The minimum Gasteiger partial charge on any atom is -0.387 e. The van der Waals surface area contributed by atoms with Gasteiger partial charge in [0.2, 0.25) is 5.85 Å². The third-order valence-electron chi connectivity index (χ3n) is 4.02. The molecular formula is C13H20N3O10P. The van der Waals surface area contributed by atoms with Gasteiger partial charge in [0.05, 0.1) is 6.61 Å². The molecule has 0 saturated carbocycles. The zero-order chi connectivity index (χ0) is 20.5. The lowest BCUT2D eigenvalue weighted by Gasteiger charge is -2.21. The summed E-state index contributed by atoms with van der Waals surface area (Å²) >= 11 is 0. The number of hydrogen-bond acceptors (Lipinski definition) is 8. The summed E-state index contributed by atoms with van der Waals surface area (Å²) < 4.78 is 23.3. The Bertz CT molecular complexity index is 861. The van der Waals surface area contributed by atoms with Crippen molar-refractivity contribution < 1.29 is 38.8 Å². The first-order chi connectivity index (χ1) is 12.5. The fraction of sp³-hybridized carbons (Fsp3) is 0.615. The summed E-state index contributed by atoms with van der Waals surface area (Å²) in [6.45, 7) is -0.654. The van der Waals surface area contributed by atoms with Crippen LogP contribution >= 0.6 is 7.60 Å². The van der Waals surface area contributed by atoms with Crippen molar-refractivity contribution in [2.75, 3.05) is 13.7 Å². The van der Waals surface area contributed by atoms with E-state index in [9.17, 15) is 38.9 Å². The van der Waals surface area contributed by atoms with Crippen molar-refractivity contribution in [3.8, 4) is 0 Å². The molecule has 14 heteroatoms. The fourth-order valence-electron chi connectivity index (χ4n) is 2.51. The molecule has 1 aromatic rings. The van der Waals surface area contributed by atoms with Crippen LogP contribution in [0.2, 0.25) is 0 Å². The van der Waals surface area contributed by atoms with Crippen LogP contribution in [-0.4, -0.2) is 72.9 Å². The second-order valence-electron chi connectivity index (χ2n) is 5.84. The Morgan fingerprint density at radius 3 is 2.56 bits per heavy atom. The van der Waals surface area contributed by atoms with E-state index in [1.807, 2.05) is 5.32 Å². The molecule has 1 aromatic heterocycles. The lowest BCUT2D eigenvalue weighted by molar-refractivity contribution is -0.132. The maximum atomic E-state index is 12.1. The first-order valence-electron chi connectivity index (χ1n) is 7.67. The number of aliphatic hydroxyl groups is 2. The van der Waals surface area contributed by atoms with Crippen molar-refractivity contribution in [1.29, 1.82) is 0 Å². The molecule has 0 aromatic carbocycles. The highest BCUT2D eigenvalue weighted by Gasteiger charge is 2.46. The highest BCUT2D eigenvalue weighted by molar-refractivity contribution is 7.53. The molecule has 1 unspecified atom stereocenters. The number of ether oxygens (including phenoxy) is 2. The molecule has 1 saturated heterocycles. The van der Waals surface area contributed by atoms with E-state index in [-0.39, 0.29) is 0 Å². The molecule has 5 atom stereocenters. The molecule has 5 N–H and O–H groups in total. The van der Waals surface area contributed by atoms with Gasteiger partial charge >= 0.3 is 13.3 Å². The molecule has 0 aliphatic carbocycles. The van der Waals surface area contributed by atoms with Gasteiger partial charge in [0.15, 0.2) is 6.23 Å². The molecule has 152 valence electrons. The molecule has 0 radical (unpaired) electrons. The van der Waals surface area contributed by atoms with Gasteiger partial charge < -0.3 is 34.8 Å². The van der Waals surface area contributed by atoms with Crippen molar-refractivity contribution in [3.63, 3.8) is 0 Å². The number of nitrogens with one attached hydrogen (secondary N) is 1. The van der Waals surface area contributed by atoms with Gasteiger partial charge in [-0.05, 0) is 0 Å². The summed E-state index contributed by atoms with van der Waals surface area (Å²) in [7, 11) is -2.59. The third kappa shape index (κ3) is 4.35. The summed E-state index contributed by atoms with van der Waals surface area (Å²) in [5.74, 6) is -3.21. The number of carbonyl (C=O) groups excluding carboxylic acids is 1. The molecule has 1 fully saturated rings. The number of likely N-dealkylation sites (N-methyl/N-ethyl adjacent to an activating group) is 1. The van der Waals surface area contributed by atoms with Crippen LogP contribution in [0.3, 0.4) is 0 Å². The molecule has 1 amide bonds. The normalized spacial score (nSPS) is 26.7. The van der Waals surface area contributed by atoms with Crippen molar-refractivity contribution in [2.45, 2.75) is 30.4 Å². The molecule has 0 spiro atoms. The number of hydrogen-bond donors (Lipinski definition) is 5. The van der Waals surface area contributed by atoms with Crippen molar-refractivity contribution in [3.05, 3.63) is 33.1 Å². The zero-order valence-electron chi connectivity index (χ0n) is 14.3. The topological polar surface area (TPSA) is 190 Å². The number of aliphatic hydroxyl groups excluding tert-OH is 2. The largest absolute Gasteiger partial charge is 0.387 e. The second kappa shape index (κ2) is 8.02. The highest BCUT2D eigenvalue weighted by atomic mass is 31.2. The number of carbonyl (C=O) groups is 1. The molecule has 2 rings (SSSR count). The SMILES string of the molecule is CNC(=O)C(OC[C@H]1O[C@@H](n2ccc(=O)n(C)c2=O)[C@H](O)[C@@H]1O)P(=O)(O)O. The van der Waals surface area contributed by atoms with E-state index in [2.05, 4.69) is 0 Å². The van der Waals surface area contributed by atoms with Gasteiger partial charge in [0, 0.05) is 26.4 Å². The van der Waals surface area contributed by atoms with E-state index in [1.54, 1.807) is 0 Å². The summed E-state index contributed by atoms with van der Waals surface area (Å²) in [6.07, 6.45) is -4.77. The van der Waals surface area contributed by atoms with Crippen molar-refractivity contribution >= 4 is 13.5 Å². The molecular weight excluding hydrogens is 389 g/mol. The van der Waals surface area contributed by atoms with Crippen molar-refractivity contribution in [2.24, 2.45) is 7.05 Å². The van der Waals surface area contributed by atoms with Crippen LogP contribution in [0, 0.1) is 0 Å². The fourth-order valence-corrected chi connectivity index (χ4v) is 3.23. The molecule has 2 heterocycles. The third-order valence-corrected chi connectivity index (χ3v) is 5.02. The lowest BCUT2D eigenvalue weighted by atomic mass is 10.1. The Kier molecular flexibility index (Phi) is 6.37. The van der Waals surface area contributed by atoms with Gasteiger partial charge in [-0.2, -0.15) is 0 Å². The minimum absolute atomic E-state index is 0.584. The van der Waals surface area contributed by atoms with E-state index in [1.165, 1.54) is 7.05 Å². The molecule has 27 heavy (non-hydrogen) atoms. The summed E-state index contributed by atoms with van der Waals surface area (Å²) in [5, 5.41) is 22.3. The first kappa shape index (κ1) is 21.4. The van der Waals surface area contributed by atoms with Gasteiger partial charge in [0.25, 0.3) is 11.5 Å². The van der Waals surface area contributed by atoms with Crippen LogP contribution in [0.5, 0.6) is 0 Å². The second-order valence-corrected chi connectivity index (χ2v) is 7.49. The lowest BCUT2D eigenvalue weighted by Crippen LogP contribution is -2.41. The molecule has 0 bridgehead atoms. The summed E-state index contributed by atoms with van der Waals surface area (Å²) in [4.78, 5) is 53.5. The van der Waals surface area contributed by atoms with Gasteiger partial charge in [-0.1, -0.05) is 0 Å². The van der Waals surface area contributed by atoms with Gasteiger partial charge in [-0.3, -0.25) is 23.3 Å². The minimum atomic E-state index is -4.96. The van der Waals surface area contributed by atoms with Gasteiger partial charge in [0.1, 0.15) is 18.3 Å². The quantitative estimate of drug-likeness (QED) is 0.294. The van der Waals surface area contributed by atoms with Gasteiger partial charge in [-0.25, -0.2) is 4.79 Å². The predicted molar refractivity (Wildman–Crippen MR) is 87.7 cm³/mol. The van der Waals surface area contributed by atoms with Crippen molar-refractivity contribution in [1.82, 2.24) is 14.5 Å². The average molecular weight is 409 g/mol. The number of nitrogens with zero attached hydrogens (tertiary/aromatic N) is 2. The number of amides is 1. The van der Waals surface area contributed by atoms with E-state index in [0.717, 1.165) is 28.4 Å². The summed E-state index contributed by atoms with van der Waals surface area (Å²) in [6, 6.07) is 1.06. The molecule has 1 aliphatic heterocycles. The maximum absolute atomic E-state index is 12.1. The van der Waals surface area contributed by atoms with Crippen LogP contribution in [0.4, 0.5) is 0 Å². The van der Waals surface area contributed by atoms with Crippen LogP contribution < -0.4 is 16.6 Å². The highest BCUT2D eigenvalue weighted by Crippen LogP contribution is 2.42. The Labute approximate surface area is 151 Å². The Morgan fingerprint density at radius 1 is 1.37 bits per heavy atom. The van der Waals surface area contributed by atoms with Crippen LogP contribution in [0.1, 0.15) is 6.23 Å². The Morgan fingerprint density at radius 2 is 2.00 bits per heavy atom. The predicted octanol–water partition coefficient (Wildman–Crippen LogP) is -3.57. The first-order valence-corrected chi connectivity index (χ1v) is 9.35. The zero-order valence-corrected chi connectivity index (χ0v) is 15.2. The van der Waals surface area contributed by atoms with E-state index in [0.29, 0.717) is 0 Å². The maximum Gasteiger partial charge on any atom is 0.363 e. The Hall–Kier alpha value is -1.86. The van der Waals surface area contributed by atoms with E-state index < -0.39 is 61.7 Å². The molecule has 1 aliphatic rings. The van der Waals surface area contributed by atoms with Crippen LogP contribution in [0.25, 0.3) is 0 Å².